The molecule has 0 aliphatic rings. The van der Waals surface area contributed by atoms with Crippen LogP contribution in [0.4, 0.5) is 0 Å². The molecule has 0 aliphatic heterocycles. The van der Waals surface area contributed by atoms with Gasteiger partial charge in [0.15, 0.2) is 0 Å². The van der Waals surface area contributed by atoms with Crippen LogP contribution in [0.3, 0.4) is 0 Å². The molecule has 2 aromatic rings. The highest BCUT2D eigenvalue weighted by atomic mass is 35.5. The van der Waals surface area contributed by atoms with Crippen molar-refractivity contribution < 1.29 is 4.42 Å². The van der Waals surface area contributed by atoms with Gasteiger partial charge in [0.05, 0.1) is 6.04 Å². The lowest BCUT2D eigenvalue weighted by Gasteiger charge is -2.05. The maximum atomic E-state index is 5.99. The van der Waals surface area contributed by atoms with E-state index in [1.54, 1.807) is 0 Å². The highest BCUT2D eigenvalue weighted by Crippen LogP contribution is 2.24. The molecular weight excluding hydrogens is 250 g/mol. The molecule has 1 unspecified atom stereocenters. The molecule has 1 atom stereocenters. The van der Waals surface area contributed by atoms with Crippen molar-refractivity contribution >= 4 is 11.6 Å². The van der Waals surface area contributed by atoms with E-state index >= 15 is 0 Å². The van der Waals surface area contributed by atoms with E-state index in [1.807, 2.05) is 39.0 Å². The molecule has 1 N–H and O–H groups in total. The molecule has 4 nitrogen and oxygen atoms in total. The lowest BCUT2D eigenvalue weighted by Crippen LogP contribution is -2.17. The number of aromatic nitrogens is 2. The lowest BCUT2D eigenvalue weighted by atomic mass is 10.1. The zero-order valence-corrected chi connectivity index (χ0v) is 11.5. The fraction of sp³-hybridized carbons (Fsp3) is 0.385. The molecule has 0 bridgehead atoms. The van der Waals surface area contributed by atoms with E-state index < -0.39 is 0 Å². The monoisotopic (exact) mass is 265 g/mol. The van der Waals surface area contributed by atoms with Crippen molar-refractivity contribution in [3.8, 4) is 11.5 Å². The molecule has 0 saturated carbocycles. The fourth-order valence-corrected chi connectivity index (χ4v) is 1.81. The second-order valence-electron chi connectivity index (χ2n) is 4.19. The van der Waals surface area contributed by atoms with E-state index in [2.05, 4.69) is 15.5 Å². The van der Waals surface area contributed by atoms with Crippen LogP contribution < -0.4 is 5.32 Å². The number of nitrogens with one attached hydrogen (secondary N) is 1. The SMILES string of the molecule is CCNC(C)c1nnc(-c2ccc(Cl)c(C)c2)o1. The first-order valence-electron chi connectivity index (χ1n) is 5.95. The summed E-state index contributed by atoms with van der Waals surface area (Å²) in [6, 6.07) is 5.72. The third-order valence-electron chi connectivity index (χ3n) is 2.73. The van der Waals surface area contributed by atoms with E-state index in [-0.39, 0.29) is 6.04 Å². The predicted octanol–water partition coefficient (Wildman–Crippen LogP) is 3.37. The molecule has 5 heteroatoms. The zero-order chi connectivity index (χ0) is 13.1. The minimum Gasteiger partial charge on any atom is -0.419 e. The van der Waals surface area contributed by atoms with Crippen LogP contribution in [0.5, 0.6) is 0 Å². The molecule has 96 valence electrons. The third-order valence-corrected chi connectivity index (χ3v) is 3.15. The summed E-state index contributed by atoms with van der Waals surface area (Å²) in [5.74, 6) is 1.12. The minimum atomic E-state index is 0.0599. The van der Waals surface area contributed by atoms with Crippen LogP contribution in [0, 0.1) is 6.92 Å². The average Bonchev–Trinajstić information content (AvgIpc) is 2.82. The van der Waals surface area contributed by atoms with Gasteiger partial charge >= 0.3 is 0 Å². The van der Waals surface area contributed by atoms with Gasteiger partial charge in [-0.3, -0.25) is 0 Å². The molecule has 0 radical (unpaired) electrons. The Kier molecular flexibility index (Phi) is 3.99. The maximum absolute atomic E-state index is 5.99. The van der Waals surface area contributed by atoms with Gasteiger partial charge in [0.25, 0.3) is 0 Å². The quantitative estimate of drug-likeness (QED) is 0.921. The summed E-state index contributed by atoms with van der Waals surface area (Å²) in [5, 5.41) is 12.1. The number of hydrogen-bond donors (Lipinski definition) is 1. The minimum absolute atomic E-state index is 0.0599. The Labute approximate surface area is 111 Å². The van der Waals surface area contributed by atoms with Crippen molar-refractivity contribution in [1.82, 2.24) is 15.5 Å². The average molecular weight is 266 g/mol. The van der Waals surface area contributed by atoms with Crippen LogP contribution >= 0.6 is 11.6 Å². The van der Waals surface area contributed by atoms with E-state index in [1.165, 1.54) is 0 Å². The summed E-state index contributed by atoms with van der Waals surface area (Å²) >= 11 is 5.99. The van der Waals surface area contributed by atoms with Crippen LogP contribution in [-0.4, -0.2) is 16.7 Å². The highest BCUT2D eigenvalue weighted by Gasteiger charge is 2.14. The second-order valence-corrected chi connectivity index (χ2v) is 4.60. The van der Waals surface area contributed by atoms with Crippen molar-refractivity contribution in [2.24, 2.45) is 0 Å². The van der Waals surface area contributed by atoms with E-state index in [0.717, 1.165) is 22.7 Å². The van der Waals surface area contributed by atoms with E-state index in [4.69, 9.17) is 16.0 Å². The van der Waals surface area contributed by atoms with Gasteiger partial charge < -0.3 is 9.73 Å². The summed E-state index contributed by atoms with van der Waals surface area (Å²) in [7, 11) is 0. The van der Waals surface area contributed by atoms with Crippen LogP contribution in [0.2, 0.25) is 5.02 Å². The molecule has 2 rings (SSSR count). The topological polar surface area (TPSA) is 51.0 Å². The van der Waals surface area contributed by atoms with Gasteiger partial charge in [-0.2, -0.15) is 0 Å². The molecule has 0 saturated heterocycles. The molecule has 0 aliphatic carbocycles. The smallest absolute Gasteiger partial charge is 0.247 e. The Bertz CT molecular complexity index is 539. The van der Waals surface area contributed by atoms with Gasteiger partial charge in [0.2, 0.25) is 11.8 Å². The standard InChI is InChI=1S/C13H16ClN3O/c1-4-15-9(3)12-16-17-13(18-12)10-5-6-11(14)8(2)7-10/h5-7,9,15H,4H2,1-3H3. The summed E-state index contributed by atoms with van der Waals surface area (Å²) in [6.07, 6.45) is 0. The Morgan fingerprint density at radius 2 is 2.17 bits per heavy atom. The van der Waals surface area contributed by atoms with Crippen molar-refractivity contribution in [2.45, 2.75) is 26.8 Å². The van der Waals surface area contributed by atoms with E-state index in [9.17, 15) is 0 Å². The normalized spacial score (nSPS) is 12.7. The van der Waals surface area contributed by atoms with E-state index in [0.29, 0.717) is 11.8 Å². The molecule has 0 amide bonds. The first-order chi connectivity index (χ1) is 8.61. The van der Waals surface area contributed by atoms with Crippen molar-refractivity contribution in [2.75, 3.05) is 6.54 Å². The van der Waals surface area contributed by atoms with Crippen LogP contribution in [0.1, 0.15) is 31.3 Å². The second kappa shape index (κ2) is 5.50. The first kappa shape index (κ1) is 13.1. The van der Waals surface area contributed by atoms with Gasteiger partial charge in [-0.05, 0) is 44.2 Å². The Morgan fingerprint density at radius 3 is 2.83 bits per heavy atom. The van der Waals surface area contributed by atoms with Crippen molar-refractivity contribution in [3.63, 3.8) is 0 Å². The van der Waals surface area contributed by atoms with Crippen LogP contribution in [0.25, 0.3) is 11.5 Å². The number of nitrogens with zero attached hydrogens (tertiary/aromatic N) is 2. The molecule has 1 aromatic heterocycles. The summed E-state index contributed by atoms with van der Waals surface area (Å²) in [4.78, 5) is 0. The third kappa shape index (κ3) is 2.71. The van der Waals surface area contributed by atoms with Crippen molar-refractivity contribution in [3.05, 3.63) is 34.7 Å². The largest absolute Gasteiger partial charge is 0.419 e. The number of hydrogen-bond acceptors (Lipinski definition) is 4. The summed E-state index contributed by atoms with van der Waals surface area (Å²) < 4.78 is 5.65. The van der Waals surface area contributed by atoms with Crippen LogP contribution in [0.15, 0.2) is 22.6 Å². The maximum Gasteiger partial charge on any atom is 0.247 e. The molecule has 0 spiro atoms. The molecule has 18 heavy (non-hydrogen) atoms. The highest BCUT2D eigenvalue weighted by molar-refractivity contribution is 6.31. The van der Waals surface area contributed by atoms with Gasteiger partial charge in [-0.15, -0.1) is 10.2 Å². The number of rotatable bonds is 4. The van der Waals surface area contributed by atoms with Gasteiger partial charge in [0, 0.05) is 10.6 Å². The van der Waals surface area contributed by atoms with Crippen molar-refractivity contribution in [1.29, 1.82) is 0 Å². The van der Waals surface area contributed by atoms with Crippen LogP contribution in [-0.2, 0) is 0 Å². The first-order valence-corrected chi connectivity index (χ1v) is 6.33. The molecule has 1 heterocycles. The van der Waals surface area contributed by atoms with Gasteiger partial charge in [0.1, 0.15) is 0 Å². The molecular formula is C13H16ClN3O. The molecule has 0 fully saturated rings. The number of benzene rings is 1. The fourth-order valence-electron chi connectivity index (χ4n) is 1.70. The predicted molar refractivity (Wildman–Crippen MR) is 71.6 cm³/mol. The number of halogens is 1. The Morgan fingerprint density at radius 1 is 1.39 bits per heavy atom. The Balaban J connectivity index is 2.26. The molecule has 1 aromatic carbocycles. The van der Waals surface area contributed by atoms with Gasteiger partial charge in [-0.25, -0.2) is 0 Å². The summed E-state index contributed by atoms with van der Waals surface area (Å²) in [6.45, 7) is 6.84. The number of aryl methyl sites for hydroxylation is 1. The lowest BCUT2D eigenvalue weighted by molar-refractivity contribution is 0.429. The van der Waals surface area contributed by atoms with Gasteiger partial charge in [-0.1, -0.05) is 18.5 Å². The zero-order valence-electron chi connectivity index (χ0n) is 10.7. The summed E-state index contributed by atoms with van der Waals surface area (Å²) in [5.41, 5.74) is 1.88. The Hall–Kier alpha value is -1.39.